The summed E-state index contributed by atoms with van der Waals surface area (Å²) < 4.78 is 0. The molecule has 1 aromatic carbocycles. The first-order valence-corrected chi connectivity index (χ1v) is 7.55. The monoisotopic (exact) mass is 269 g/mol. The molecule has 0 spiro atoms. The van der Waals surface area contributed by atoms with Crippen LogP contribution >= 0.6 is 0 Å². The molecule has 3 nitrogen and oxygen atoms in total. The fraction of sp³-hybridized carbons (Fsp3) is 0.471. The predicted octanol–water partition coefficient (Wildman–Crippen LogP) is 2.67. The first kappa shape index (κ1) is 13.5. The summed E-state index contributed by atoms with van der Waals surface area (Å²) in [6.45, 7) is 4.46. The molecule has 20 heavy (non-hydrogen) atoms. The van der Waals surface area contributed by atoms with Gasteiger partial charge in [-0.3, -0.25) is 4.98 Å². The average molecular weight is 269 g/mol. The smallest absolute Gasteiger partial charge is 0.0705 e. The van der Waals surface area contributed by atoms with Gasteiger partial charge in [0.1, 0.15) is 0 Å². The van der Waals surface area contributed by atoms with Gasteiger partial charge in [-0.05, 0) is 51.0 Å². The number of nitrogens with one attached hydrogen (secondary N) is 1. The highest BCUT2D eigenvalue weighted by Crippen LogP contribution is 2.15. The minimum Gasteiger partial charge on any atom is -0.317 e. The van der Waals surface area contributed by atoms with E-state index in [0.29, 0.717) is 0 Å². The van der Waals surface area contributed by atoms with Crippen LogP contribution in [0.25, 0.3) is 10.9 Å². The third-order valence-corrected chi connectivity index (χ3v) is 4.12. The van der Waals surface area contributed by atoms with Crippen molar-refractivity contribution in [2.45, 2.75) is 19.4 Å². The lowest BCUT2D eigenvalue weighted by atomic mass is 9.98. The molecule has 0 aliphatic carbocycles. The van der Waals surface area contributed by atoms with Crippen LogP contribution < -0.4 is 5.32 Å². The summed E-state index contributed by atoms with van der Waals surface area (Å²) in [6.07, 6.45) is 2.60. The zero-order valence-corrected chi connectivity index (χ0v) is 12.2. The van der Waals surface area contributed by atoms with Crippen molar-refractivity contribution in [1.29, 1.82) is 0 Å². The van der Waals surface area contributed by atoms with Crippen molar-refractivity contribution < 1.29 is 0 Å². The van der Waals surface area contributed by atoms with Gasteiger partial charge in [0.15, 0.2) is 0 Å². The summed E-state index contributed by atoms with van der Waals surface area (Å²) in [5.41, 5.74) is 2.26. The maximum absolute atomic E-state index is 4.75. The molecular weight excluding hydrogens is 246 g/mol. The van der Waals surface area contributed by atoms with E-state index in [4.69, 9.17) is 4.98 Å². The molecule has 0 bridgehead atoms. The van der Waals surface area contributed by atoms with E-state index < -0.39 is 0 Å². The van der Waals surface area contributed by atoms with Crippen molar-refractivity contribution in [3.05, 3.63) is 42.1 Å². The summed E-state index contributed by atoms with van der Waals surface area (Å²) in [5.74, 6) is 0.835. The SMILES string of the molecule is CN(Cc1ccc2ccccc2n1)CC1CCNCC1. The molecule has 0 atom stereocenters. The third-order valence-electron chi connectivity index (χ3n) is 4.12. The summed E-state index contributed by atoms with van der Waals surface area (Å²) >= 11 is 0. The summed E-state index contributed by atoms with van der Waals surface area (Å²) in [5, 5.41) is 4.65. The molecule has 0 saturated carbocycles. The number of para-hydroxylation sites is 1. The molecule has 1 aliphatic heterocycles. The molecule has 1 saturated heterocycles. The average Bonchev–Trinajstić information content (AvgIpc) is 2.48. The van der Waals surface area contributed by atoms with Crippen LogP contribution in [-0.4, -0.2) is 36.6 Å². The van der Waals surface area contributed by atoms with Gasteiger partial charge in [-0.25, -0.2) is 0 Å². The van der Waals surface area contributed by atoms with Crippen molar-refractivity contribution >= 4 is 10.9 Å². The van der Waals surface area contributed by atoms with Gasteiger partial charge < -0.3 is 10.2 Å². The molecule has 3 heteroatoms. The van der Waals surface area contributed by atoms with Crippen LogP contribution in [0, 0.1) is 5.92 Å². The van der Waals surface area contributed by atoms with Gasteiger partial charge in [-0.15, -0.1) is 0 Å². The summed E-state index contributed by atoms with van der Waals surface area (Å²) in [7, 11) is 2.21. The molecule has 2 heterocycles. The van der Waals surface area contributed by atoms with Crippen LogP contribution in [0.15, 0.2) is 36.4 Å². The third kappa shape index (κ3) is 3.35. The van der Waals surface area contributed by atoms with Crippen molar-refractivity contribution in [3.8, 4) is 0 Å². The Balaban J connectivity index is 1.62. The Bertz CT molecular complexity index is 561. The van der Waals surface area contributed by atoms with Crippen LogP contribution in [0.1, 0.15) is 18.5 Å². The lowest BCUT2D eigenvalue weighted by Crippen LogP contribution is -2.34. The topological polar surface area (TPSA) is 28.2 Å². The lowest BCUT2D eigenvalue weighted by molar-refractivity contribution is 0.233. The van der Waals surface area contributed by atoms with Crippen molar-refractivity contribution in [2.24, 2.45) is 5.92 Å². The number of hydrogen-bond acceptors (Lipinski definition) is 3. The van der Waals surface area contributed by atoms with Gasteiger partial charge in [0.2, 0.25) is 0 Å². The fourth-order valence-electron chi connectivity index (χ4n) is 3.04. The Morgan fingerprint density at radius 1 is 1.15 bits per heavy atom. The molecule has 0 radical (unpaired) electrons. The quantitative estimate of drug-likeness (QED) is 0.925. The Hall–Kier alpha value is -1.45. The molecule has 2 aromatic rings. The van der Waals surface area contributed by atoms with Gasteiger partial charge in [0.05, 0.1) is 11.2 Å². The van der Waals surface area contributed by atoms with E-state index in [0.717, 1.165) is 18.0 Å². The zero-order valence-electron chi connectivity index (χ0n) is 12.2. The molecule has 3 rings (SSSR count). The molecule has 0 amide bonds. The Labute approximate surface area is 121 Å². The highest BCUT2D eigenvalue weighted by molar-refractivity contribution is 5.78. The Morgan fingerprint density at radius 2 is 1.95 bits per heavy atom. The van der Waals surface area contributed by atoms with E-state index >= 15 is 0 Å². The highest BCUT2D eigenvalue weighted by Gasteiger charge is 2.15. The second-order valence-electron chi connectivity index (χ2n) is 5.89. The predicted molar refractivity (Wildman–Crippen MR) is 83.7 cm³/mol. The molecular formula is C17H23N3. The number of rotatable bonds is 4. The number of aromatic nitrogens is 1. The number of piperidine rings is 1. The molecule has 1 aliphatic rings. The van der Waals surface area contributed by atoms with Gasteiger partial charge in [0, 0.05) is 18.5 Å². The van der Waals surface area contributed by atoms with Crippen LogP contribution in [0.5, 0.6) is 0 Å². The minimum absolute atomic E-state index is 0.835. The lowest BCUT2D eigenvalue weighted by Gasteiger charge is -2.27. The standard InChI is InChI=1S/C17H23N3/c1-20(12-14-8-10-18-11-9-14)13-16-7-6-15-4-2-3-5-17(15)19-16/h2-7,14,18H,8-13H2,1H3. The number of benzene rings is 1. The maximum Gasteiger partial charge on any atom is 0.0705 e. The molecule has 0 unspecified atom stereocenters. The Kier molecular flexibility index (Phi) is 4.28. The van der Waals surface area contributed by atoms with Gasteiger partial charge >= 0.3 is 0 Å². The van der Waals surface area contributed by atoms with Crippen molar-refractivity contribution in [3.63, 3.8) is 0 Å². The van der Waals surface area contributed by atoms with E-state index in [1.807, 2.05) is 0 Å². The summed E-state index contributed by atoms with van der Waals surface area (Å²) in [4.78, 5) is 7.16. The van der Waals surface area contributed by atoms with Gasteiger partial charge in [0.25, 0.3) is 0 Å². The highest BCUT2D eigenvalue weighted by atomic mass is 15.1. The van der Waals surface area contributed by atoms with E-state index in [-0.39, 0.29) is 0 Å². The number of fused-ring (bicyclic) bond motifs is 1. The number of pyridine rings is 1. The largest absolute Gasteiger partial charge is 0.317 e. The van der Waals surface area contributed by atoms with Crippen molar-refractivity contribution in [1.82, 2.24) is 15.2 Å². The van der Waals surface area contributed by atoms with E-state index in [1.165, 1.54) is 43.6 Å². The van der Waals surface area contributed by atoms with E-state index in [2.05, 4.69) is 53.7 Å². The van der Waals surface area contributed by atoms with Gasteiger partial charge in [-0.2, -0.15) is 0 Å². The molecule has 1 aromatic heterocycles. The van der Waals surface area contributed by atoms with Crippen LogP contribution in [0.2, 0.25) is 0 Å². The Morgan fingerprint density at radius 3 is 2.80 bits per heavy atom. The zero-order chi connectivity index (χ0) is 13.8. The summed E-state index contributed by atoms with van der Waals surface area (Å²) in [6, 6.07) is 12.7. The molecule has 1 N–H and O–H groups in total. The normalized spacial score (nSPS) is 16.9. The molecule has 106 valence electrons. The molecule has 1 fully saturated rings. The van der Waals surface area contributed by atoms with Crippen LogP contribution in [0.4, 0.5) is 0 Å². The first-order valence-electron chi connectivity index (χ1n) is 7.55. The second-order valence-corrected chi connectivity index (χ2v) is 5.89. The maximum atomic E-state index is 4.75. The second kappa shape index (κ2) is 6.33. The van der Waals surface area contributed by atoms with E-state index in [9.17, 15) is 0 Å². The van der Waals surface area contributed by atoms with Crippen molar-refractivity contribution in [2.75, 3.05) is 26.7 Å². The van der Waals surface area contributed by atoms with E-state index in [1.54, 1.807) is 0 Å². The fourth-order valence-corrected chi connectivity index (χ4v) is 3.04. The first-order chi connectivity index (χ1) is 9.81. The minimum atomic E-state index is 0.835. The van der Waals surface area contributed by atoms with Crippen LogP contribution in [0.3, 0.4) is 0 Å². The van der Waals surface area contributed by atoms with Gasteiger partial charge in [-0.1, -0.05) is 24.3 Å². The number of nitrogens with zero attached hydrogens (tertiary/aromatic N) is 2. The number of hydrogen-bond donors (Lipinski definition) is 1. The van der Waals surface area contributed by atoms with Crippen LogP contribution in [-0.2, 0) is 6.54 Å².